The number of aromatic nitrogens is 2. The minimum atomic E-state index is -0.701. The molecule has 1 amide bonds. The van der Waals surface area contributed by atoms with Gasteiger partial charge in [-0.3, -0.25) is 4.79 Å². The number of carbonyl (C=O) groups excluding carboxylic acids is 1. The van der Waals surface area contributed by atoms with Crippen LogP contribution in [-0.2, 0) is 11.3 Å². The number of amides is 1. The summed E-state index contributed by atoms with van der Waals surface area (Å²) in [5, 5.41) is 2.62. The molecule has 32 heavy (non-hydrogen) atoms. The van der Waals surface area contributed by atoms with E-state index in [1.165, 1.54) is 24.3 Å². The van der Waals surface area contributed by atoms with Crippen LogP contribution in [0.15, 0.2) is 42.6 Å². The van der Waals surface area contributed by atoms with E-state index in [1.807, 2.05) is 0 Å². The van der Waals surface area contributed by atoms with Crippen molar-refractivity contribution in [1.29, 1.82) is 0 Å². The van der Waals surface area contributed by atoms with Gasteiger partial charge >= 0.3 is 0 Å². The molecule has 0 spiro atoms. The van der Waals surface area contributed by atoms with E-state index in [1.54, 1.807) is 25.3 Å². The molecule has 6 nitrogen and oxygen atoms in total. The van der Waals surface area contributed by atoms with Crippen LogP contribution in [0.5, 0.6) is 0 Å². The Morgan fingerprint density at radius 2 is 1.97 bits per heavy atom. The van der Waals surface area contributed by atoms with Crippen molar-refractivity contribution in [3.8, 4) is 11.3 Å². The van der Waals surface area contributed by atoms with E-state index in [9.17, 15) is 13.6 Å². The van der Waals surface area contributed by atoms with Crippen molar-refractivity contribution in [2.24, 2.45) is 0 Å². The molecule has 2 aromatic carbocycles. The second kappa shape index (κ2) is 9.40. The van der Waals surface area contributed by atoms with Crippen molar-refractivity contribution >= 4 is 11.7 Å². The summed E-state index contributed by atoms with van der Waals surface area (Å²) in [4.78, 5) is 21.3. The highest BCUT2D eigenvalue weighted by Gasteiger charge is 2.20. The molecule has 1 aliphatic rings. The first-order chi connectivity index (χ1) is 15.4. The molecular weight excluding hydrogens is 414 g/mol. The fraction of sp³-hybridized carbons (Fsp3) is 0.292. The van der Waals surface area contributed by atoms with Crippen LogP contribution in [0.3, 0.4) is 0 Å². The van der Waals surface area contributed by atoms with Gasteiger partial charge in [-0.1, -0.05) is 12.1 Å². The molecule has 1 saturated heterocycles. The molecule has 2 heterocycles. The number of nitrogens with zero attached hydrogens (tertiary/aromatic N) is 2. The Morgan fingerprint density at radius 3 is 2.69 bits per heavy atom. The van der Waals surface area contributed by atoms with Crippen molar-refractivity contribution < 1.29 is 18.3 Å². The van der Waals surface area contributed by atoms with Crippen molar-refractivity contribution in [1.82, 2.24) is 15.3 Å². The lowest BCUT2D eigenvalue weighted by Crippen LogP contribution is -2.24. The van der Waals surface area contributed by atoms with Gasteiger partial charge < -0.3 is 15.8 Å². The van der Waals surface area contributed by atoms with Gasteiger partial charge in [-0.25, -0.2) is 18.7 Å². The zero-order chi connectivity index (χ0) is 22.7. The van der Waals surface area contributed by atoms with Crippen LogP contribution >= 0.6 is 0 Å². The van der Waals surface area contributed by atoms with Gasteiger partial charge in [-0.2, -0.15) is 0 Å². The number of hydrogen-bond donors (Lipinski definition) is 2. The first-order valence-corrected chi connectivity index (χ1v) is 10.4. The summed E-state index contributed by atoms with van der Waals surface area (Å²) in [6.07, 6.45) is 3.34. The maximum Gasteiger partial charge on any atom is 0.254 e. The molecule has 1 fully saturated rings. The molecule has 0 atom stereocenters. The average Bonchev–Trinajstić information content (AvgIpc) is 2.78. The van der Waals surface area contributed by atoms with Crippen LogP contribution in [0.4, 0.5) is 14.6 Å². The van der Waals surface area contributed by atoms with Gasteiger partial charge in [-0.05, 0) is 55.2 Å². The highest BCUT2D eigenvalue weighted by molar-refractivity contribution is 5.95. The van der Waals surface area contributed by atoms with E-state index in [0.717, 1.165) is 24.1 Å². The number of anilines is 1. The van der Waals surface area contributed by atoms with Gasteiger partial charge in [0.05, 0.1) is 17.5 Å². The van der Waals surface area contributed by atoms with Crippen molar-refractivity contribution in [3.05, 3.63) is 76.6 Å². The third-order valence-electron chi connectivity index (χ3n) is 5.50. The van der Waals surface area contributed by atoms with Crippen LogP contribution in [0.2, 0.25) is 0 Å². The van der Waals surface area contributed by atoms with E-state index in [0.29, 0.717) is 30.0 Å². The van der Waals surface area contributed by atoms with Gasteiger partial charge in [0.2, 0.25) is 0 Å². The Bertz CT molecular complexity index is 1130. The minimum Gasteiger partial charge on any atom is -0.382 e. The summed E-state index contributed by atoms with van der Waals surface area (Å²) in [5.41, 5.74) is 8.85. The molecule has 1 aromatic heterocycles. The second-order valence-corrected chi connectivity index (χ2v) is 7.93. The van der Waals surface area contributed by atoms with E-state index >= 15 is 0 Å². The summed E-state index contributed by atoms with van der Waals surface area (Å²) in [5.74, 6) is -1.26. The quantitative estimate of drug-likeness (QED) is 0.625. The van der Waals surface area contributed by atoms with Gasteiger partial charge in [0, 0.05) is 31.2 Å². The number of benzene rings is 2. The molecule has 4 rings (SSSR count). The molecule has 0 saturated carbocycles. The summed E-state index contributed by atoms with van der Waals surface area (Å²) in [6.45, 7) is 3.18. The monoisotopic (exact) mass is 438 g/mol. The smallest absolute Gasteiger partial charge is 0.254 e. The van der Waals surface area contributed by atoms with E-state index < -0.39 is 11.7 Å². The number of nitrogens with one attached hydrogen (secondary N) is 1. The largest absolute Gasteiger partial charge is 0.382 e. The Hall–Kier alpha value is -3.39. The Kier molecular flexibility index (Phi) is 6.41. The van der Waals surface area contributed by atoms with Gasteiger partial charge in [0.1, 0.15) is 23.1 Å². The van der Waals surface area contributed by atoms with Crippen LogP contribution in [0.25, 0.3) is 11.3 Å². The Balaban J connectivity index is 1.52. The van der Waals surface area contributed by atoms with Gasteiger partial charge in [0.15, 0.2) is 0 Å². The molecule has 8 heteroatoms. The highest BCUT2D eigenvalue weighted by atomic mass is 19.1. The van der Waals surface area contributed by atoms with Crippen molar-refractivity contribution in [2.75, 3.05) is 18.9 Å². The topological polar surface area (TPSA) is 90.1 Å². The fourth-order valence-corrected chi connectivity index (χ4v) is 3.85. The molecule has 3 N–H and O–H groups in total. The van der Waals surface area contributed by atoms with Crippen LogP contribution in [0.1, 0.15) is 45.9 Å². The predicted octanol–water partition coefficient (Wildman–Crippen LogP) is 4.14. The number of carbonyl (C=O) groups is 1. The zero-order valence-corrected chi connectivity index (χ0v) is 17.7. The standard InChI is InChI=1S/C24H24F2N4O2/c1-14-8-15(10-18(25)9-14)12-29-24(31)19-3-2-17(11-20(19)26)22-23(27)28-13-21(30-22)16-4-6-32-7-5-16/h2-3,8-11,13,16H,4-7,12H2,1H3,(H2,27,28)(H,29,31). The number of rotatable bonds is 5. The van der Waals surface area contributed by atoms with Crippen molar-refractivity contribution in [3.63, 3.8) is 0 Å². The van der Waals surface area contributed by atoms with E-state index in [2.05, 4.69) is 15.3 Å². The summed E-state index contributed by atoms with van der Waals surface area (Å²) in [7, 11) is 0. The van der Waals surface area contributed by atoms with Crippen LogP contribution < -0.4 is 11.1 Å². The lowest BCUT2D eigenvalue weighted by Gasteiger charge is -2.22. The summed E-state index contributed by atoms with van der Waals surface area (Å²) >= 11 is 0. The maximum absolute atomic E-state index is 14.8. The van der Waals surface area contributed by atoms with Crippen LogP contribution in [-0.4, -0.2) is 29.1 Å². The summed E-state index contributed by atoms with van der Waals surface area (Å²) < 4.78 is 33.7. The Labute approximate surface area is 184 Å². The molecule has 0 bridgehead atoms. The normalized spacial score (nSPS) is 14.3. The predicted molar refractivity (Wildman–Crippen MR) is 117 cm³/mol. The highest BCUT2D eigenvalue weighted by Crippen LogP contribution is 2.30. The molecule has 0 radical (unpaired) electrons. The number of nitrogen functional groups attached to an aromatic ring is 1. The number of halogens is 2. The van der Waals surface area contributed by atoms with E-state index in [4.69, 9.17) is 10.5 Å². The zero-order valence-electron chi connectivity index (χ0n) is 17.7. The molecule has 3 aromatic rings. The average molecular weight is 438 g/mol. The summed E-state index contributed by atoms with van der Waals surface area (Å²) in [6, 6.07) is 8.71. The van der Waals surface area contributed by atoms with E-state index in [-0.39, 0.29) is 29.7 Å². The lowest BCUT2D eigenvalue weighted by atomic mass is 9.96. The fourth-order valence-electron chi connectivity index (χ4n) is 3.85. The molecule has 166 valence electrons. The number of aryl methyl sites for hydroxylation is 1. The van der Waals surface area contributed by atoms with Crippen molar-refractivity contribution in [2.45, 2.75) is 32.2 Å². The van der Waals surface area contributed by atoms with Gasteiger partial charge in [0.25, 0.3) is 5.91 Å². The third-order valence-corrected chi connectivity index (χ3v) is 5.50. The maximum atomic E-state index is 14.8. The number of hydrogen-bond acceptors (Lipinski definition) is 5. The third kappa shape index (κ3) is 4.91. The number of nitrogens with two attached hydrogens (primary N) is 1. The Morgan fingerprint density at radius 1 is 1.19 bits per heavy atom. The lowest BCUT2D eigenvalue weighted by molar-refractivity contribution is 0.0844. The van der Waals surface area contributed by atoms with Crippen LogP contribution in [0, 0.1) is 18.6 Å². The first-order valence-electron chi connectivity index (χ1n) is 10.4. The molecule has 1 aliphatic heterocycles. The molecule has 0 aliphatic carbocycles. The molecule has 0 unspecified atom stereocenters. The SMILES string of the molecule is Cc1cc(F)cc(CNC(=O)c2ccc(-c3nc(C4CCOCC4)cnc3N)cc2F)c1. The van der Waals surface area contributed by atoms with Gasteiger partial charge in [-0.15, -0.1) is 0 Å². The minimum absolute atomic E-state index is 0.0875. The first kappa shape index (κ1) is 21.8. The number of ether oxygens (including phenoxy) is 1. The second-order valence-electron chi connectivity index (χ2n) is 7.93. The molecular formula is C24H24F2N4O2.